The molecular weight excluding hydrogens is 490 g/mol. The van der Waals surface area contributed by atoms with Gasteiger partial charge in [-0.15, -0.1) is 0 Å². The molecule has 0 bridgehead atoms. The summed E-state index contributed by atoms with van der Waals surface area (Å²) in [7, 11) is 0. The number of hydrogen-bond acceptors (Lipinski definition) is 5. The Morgan fingerprint density at radius 3 is 2.32 bits per heavy atom. The summed E-state index contributed by atoms with van der Waals surface area (Å²) in [6, 6.07) is 28.0. The summed E-state index contributed by atoms with van der Waals surface area (Å²) in [5, 5.41) is 9.41. The lowest BCUT2D eigenvalue weighted by Crippen LogP contribution is -2.24. The van der Waals surface area contributed by atoms with Gasteiger partial charge in [0.15, 0.2) is 11.5 Å². The van der Waals surface area contributed by atoms with Gasteiger partial charge in [0.25, 0.3) is 0 Å². The third-order valence-electron chi connectivity index (χ3n) is 6.45. The molecule has 0 saturated carbocycles. The molecule has 1 atom stereocenters. The molecule has 7 heteroatoms. The number of aromatic nitrogens is 4. The monoisotopic (exact) mass is 521 g/mol. The molecule has 0 unspecified atom stereocenters. The van der Waals surface area contributed by atoms with E-state index in [4.69, 9.17) is 15.1 Å². The number of fused-ring (bicyclic) bond motifs is 1. The molecular formula is C31H31N5OS. The van der Waals surface area contributed by atoms with E-state index in [1.165, 1.54) is 17.3 Å². The highest BCUT2D eigenvalue weighted by Crippen LogP contribution is 2.35. The fraction of sp³-hybridized carbons (Fsp3) is 0.226. The number of nitrogens with zero attached hydrogens (tertiary/aromatic N) is 4. The van der Waals surface area contributed by atoms with Gasteiger partial charge in [0, 0.05) is 11.3 Å². The normalized spacial score (nSPS) is 12.0. The number of benzene rings is 3. The van der Waals surface area contributed by atoms with Crippen molar-refractivity contribution in [1.29, 1.82) is 0 Å². The Kier molecular flexibility index (Phi) is 7.84. The highest BCUT2D eigenvalue weighted by molar-refractivity contribution is 8.00. The van der Waals surface area contributed by atoms with Gasteiger partial charge in [-0.2, -0.15) is 5.10 Å². The fourth-order valence-corrected chi connectivity index (χ4v) is 5.47. The highest BCUT2D eigenvalue weighted by Gasteiger charge is 2.25. The number of hydrogen-bond donors (Lipinski definition) is 1. The van der Waals surface area contributed by atoms with Gasteiger partial charge in [0.05, 0.1) is 22.0 Å². The number of para-hydroxylation sites is 1. The van der Waals surface area contributed by atoms with E-state index in [0.717, 1.165) is 51.5 Å². The molecule has 0 fully saturated rings. The first-order valence-electron chi connectivity index (χ1n) is 13.1. The van der Waals surface area contributed by atoms with Crippen LogP contribution in [-0.2, 0) is 17.6 Å². The van der Waals surface area contributed by atoms with Crippen LogP contribution in [0.4, 0.5) is 5.69 Å². The molecule has 2 heterocycles. The van der Waals surface area contributed by atoms with E-state index in [0.29, 0.717) is 12.2 Å². The third-order valence-corrected chi connectivity index (χ3v) is 7.80. The van der Waals surface area contributed by atoms with Gasteiger partial charge in [-0.25, -0.2) is 14.6 Å². The second-order valence-corrected chi connectivity index (χ2v) is 10.2. The fourth-order valence-electron chi connectivity index (χ4n) is 4.40. The van der Waals surface area contributed by atoms with Gasteiger partial charge in [-0.1, -0.05) is 93.2 Å². The van der Waals surface area contributed by atoms with E-state index in [1.807, 2.05) is 90.5 Å². The zero-order chi connectivity index (χ0) is 26.5. The maximum absolute atomic E-state index is 13.4. The molecule has 5 rings (SSSR count). The largest absolute Gasteiger partial charge is 0.325 e. The van der Waals surface area contributed by atoms with Crippen LogP contribution in [0.1, 0.15) is 38.4 Å². The lowest BCUT2D eigenvalue weighted by molar-refractivity contribution is -0.115. The number of amides is 1. The number of rotatable bonds is 9. The van der Waals surface area contributed by atoms with E-state index in [1.54, 1.807) is 0 Å². The highest BCUT2D eigenvalue weighted by atomic mass is 32.2. The zero-order valence-corrected chi connectivity index (χ0v) is 22.7. The van der Waals surface area contributed by atoms with Gasteiger partial charge in [-0.3, -0.25) is 4.79 Å². The molecule has 1 amide bonds. The van der Waals surface area contributed by atoms with E-state index in [2.05, 4.69) is 25.2 Å². The second kappa shape index (κ2) is 11.6. The van der Waals surface area contributed by atoms with Crippen molar-refractivity contribution < 1.29 is 4.79 Å². The summed E-state index contributed by atoms with van der Waals surface area (Å²) < 4.78 is 1.89. The lowest BCUT2D eigenvalue weighted by atomic mass is 10.1. The quantitative estimate of drug-likeness (QED) is 0.165. The summed E-state index contributed by atoms with van der Waals surface area (Å²) in [5.41, 5.74) is 5.52. The van der Waals surface area contributed by atoms with Crippen molar-refractivity contribution >= 4 is 34.4 Å². The smallest absolute Gasteiger partial charge is 0.237 e. The Morgan fingerprint density at radius 2 is 1.63 bits per heavy atom. The molecule has 38 heavy (non-hydrogen) atoms. The van der Waals surface area contributed by atoms with Crippen LogP contribution < -0.4 is 5.32 Å². The average molecular weight is 522 g/mol. The average Bonchev–Trinajstić information content (AvgIpc) is 3.35. The van der Waals surface area contributed by atoms with E-state index in [-0.39, 0.29) is 11.2 Å². The van der Waals surface area contributed by atoms with Crippen molar-refractivity contribution in [3.63, 3.8) is 0 Å². The van der Waals surface area contributed by atoms with Crippen molar-refractivity contribution in [2.45, 2.75) is 50.3 Å². The summed E-state index contributed by atoms with van der Waals surface area (Å²) >= 11 is 1.49. The van der Waals surface area contributed by atoms with Crippen LogP contribution in [0.5, 0.6) is 0 Å². The molecule has 2 aromatic heterocycles. The molecule has 6 nitrogen and oxygen atoms in total. The summed E-state index contributed by atoms with van der Waals surface area (Å²) in [4.78, 5) is 23.4. The van der Waals surface area contributed by atoms with Crippen LogP contribution in [0.15, 0.2) is 90.0 Å². The van der Waals surface area contributed by atoms with Crippen LogP contribution in [0, 0.1) is 0 Å². The third kappa shape index (κ3) is 5.34. The molecule has 3 aromatic carbocycles. The minimum atomic E-state index is -0.327. The second-order valence-electron chi connectivity index (χ2n) is 9.02. The Labute approximate surface area is 227 Å². The minimum Gasteiger partial charge on any atom is -0.325 e. The van der Waals surface area contributed by atoms with E-state index < -0.39 is 0 Å². The lowest BCUT2D eigenvalue weighted by Gasteiger charge is -2.16. The predicted molar refractivity (Wildman–Crippen MR) is 156 cm³/mol. The maximum Gasteiger partial charge on any atom is 0.237 e. The zero-order valence-electron chi connectivity index (χ0n) is 21.9. The Bertz CT molecular complexity index is 1550. The standard InChI is InChI=1S/C31H31N5OS/c1-4-21-14-13-17-23(20-21)32-30(37)26(6-3)38-31-27-25(5-2)35-36(24-18-11-8-12-19-24)29(27)33-28(34-31)22-15-9-7-10-16-22/h7-20,26H,4-6H2,1-3H3,(H,32,37)/t26-/m0/s1. The van der Waals surface area contributed by atoms with Crippen LogP contribution in [-0.4, -0.2) is 30.9 Å². The van der Waals surface area contributed by atoms with Crippen molar-refractivity contribution in [3.8, 4) is 17.1 Å². The number of anilines is 1. The first kappa shape index (κ1) is 25.7. The minimum absolute atomic E-state index is 0.0349. The molecule has 5 aromatic rings. The first-order chi connectivity index (χ1) is 18.6. The molecule has 0 aliphatic carbocycles. The van der Waals surface area contributed by atoms with Gasteiger partial charge < -0.3 is 5.32 Å². The molecule has 0 aliphatic heterocycles. The van der Waals surface area contributed by atoms with Crippen molar-refractivity contribution in [2.75, 3.05) is 5.32 Å². The van der Waals surface area contributed by atoms with Crippen LogP contribution in [0.25, 0.3) is 28.1 Å². The molecule has 192 valence electrons. The van der Waals surface area contributed by atoms with Crippen molar-refractivity contribution in [1.82, 2.24) is 19.7 Å². The molecule has 0 radical (unpaired) electrons. The SMILES string of the molecule is CCc1cccc(NC(=O)[C@H](CC)Sc2nc(-c3ccccc3)nc3c2c(CC)nn3-c2ccccc2)c1. The van der Waals surface area contributed by atoms with Gasteiger partial charge in [0.2, 0.25) is 5.91 Å². The van der Waals surface area contributed by atoms with Crippen LogP contribution in [0.2, 0.25) is 0 Å². The van der Waals surface area contributed by atoms with E-state index in [9.17, 15) is 4.79 Å². The van der Waals surface area contributed by atoms with Crippen molar-refractivity contribution in [3.05, 3.63) is 96.2 Å². The maximum atomic E-state index is 13.4. The van der Waals surface area contributed by atoms with Crippen LogP contribution in [0.3, 0.4) is 0 Å². The van der Waals surface area contributed by atoms with Gasteiger partial charge in [0.1, 0.15) is 5.03 Å². The van der Waals surface area contributed by atoms with Crippen molar-refractivity contribution in [2.24, 2.45) is 0 Å². The summed E-state index contributed by atoms with van der Waals surface area (Å²) in [5.74, 6) is 0.582. The van der Waals surface area contributed by atoms with E-state index >= 15 is 0 Å². The molecule has 0 aliphatic rings. The topological polar surface area (TPSA) is 72.7 Å². The molecule has 1 N–H and O–H groups in total. The molecule has 0 saturated heterocycles. The number of thioether (sulfide) groups is 1. The van der Waals surface area contributed by atoms with Gasteiger partial charge >= 0.3 is 0 Å². The van der Waals surface area contributed by atoms with Gasteiger partial charge in [-0.05, 0) is 49.1 Å². The predicted octanol–water partition coefficient (Wildman–Crippen LogP) is 7.12. The number of nitrogens with one attached hydrogen (secondary N) is 1. The number of carbonyl (C=O) groups is 1. The first-order valence-corrected chi connectivity index (χ1v) is 14.0. The Balaban J connectivity index is 1.60. The Morgan fingerprint density at radius 1 is 0.895 bits per heavy atom. The Hall–Kier alpha value is -3.97. The summed E-state index contributed by atoms with van der Waals surface area (Å²) in [6.07, 6.45) is 2.30. The van der Waals surface area contributed by atoms with Crippen LogP contribution >= 0.6 is 11.8 Å². The summed E-state index contributed by atoms with van der Waals surface area (Å²) in [6.45, 7) is 6.23. The number of carbonyl (C=O) groups excluding carboxylic acids is 1. The molecule has 0 spiro atoms. The number of aryl methyl sites for hydroxylation is 2.